The van der Waals surface area contributed by atoms with Gasteiger partial charge in [0.25, 0.3) is 5.91 Å². The number of carbonyl (C=O) groups excluding carboxylic acids is 1. The predicted octanol–water partition coefficient (Wildman–Crippen LogP) is 3.72. The molecule has 0 fully saturated rings. The van der Waals surface area contributed by atoms with Crippen LogP contribution in [0.15, 0.2) is 60.8 Å². The lowest BCUT2D eigenvalue weighted by molar-refractivity contribution is -0.137. The van der Waals surface area contributed by atoms with Gasteiger partial charge < -0.3 is 15.2 Å². The van der Waals surface area contributed by atoms with Gasteiger partial charge in [0.05, 0.1) is 18.2 Å². The number of hydrogen-bond acceptors (Lipinski definition) is 3. The van der Waals surface area contributed by atoms with Crippen molar-refractivity contribution in [3.05, 3.63) is 89.0 Å². The zero-order valence-corrected chi connectivity index (χ0v) is 16.1. The van der Waals surface area contributed by atoms with Crippen LogP contribution in [0.25, 0.3) is 0 Å². The van der Waals surface area contributed by atoms with E-state index >= 15 is 0 Å². The number of amides is 1. The van der Waals surface area contributed by atoms with Gasteiger partial charge in [-0.15, -0.1) is 0 Å². The normalized spacial score (nSPS) is 16.2. The Bertz CT molecular complexity index is 1030. The van der Waals surface area contributed by atoms with E-state index in [1.165, 1.54) is 11.6 Å². The molecule has 1 atom stereocenters. The Hall–Kier alpha value is -3.13. The summed E-state index contributed by atoms with van der Waals surface area (Å²) < 4.78 is 40.4. The third-order valence-corrected chi connectivity index (χ3v) is 5.13. The molecule has 2 N–H and O–H groups in total. The van der Waals surface area contributed by atoms with Crippen molar-refractivity contribution in [1.29, 1.82) is 0 Å². The SMILES string of the molecule is O=C(NCCc1cccc(C(F)(F)F)c1)c1cn2c(n1)CNC(c1ccccc1)C2. The van der Waals surface area contributed by atoms with Gasteiger partial charge in [0.15, 0.2) is 0 Å². The molecule has 0 bridgehead atoms. The number of aromatic nitrogens is 2. The number of nitrogens with one attached hydrogen (secondary N) is 2. The van der Waals surface area contributed by atoms with Crippen molar-refractivity contribution in [3.63, 3.8) is 0 Å². The molecule has 5 nitrogen and oxygen atoms in total. The van der Waals surface area contributed by atoms with Crippen LogP contribution < -0.4 is 10.6 Å². The summed E-state index contributed by atoms with van der Waals surface area (Å²) in [5.41, 5.74) is 1.31. The second-order valence-corrected chi connectivity index (χ2v) is 7.24. The molecule has 0 radical (unpaired) electrons. The van der Waals surface area contributed by atoms with Crippen LogP contribution in [-0.4, -0.2) is 22.0 Å². The van der Waals surface area contributed by atoms with Crippen LogP contribution in [0, 0.1) is 0 Å². The molecule has 156 valence electrons. The van der Waals surface area contributed by atoms with Crippen molar-refractivity contribution >= 4 is 5.91 Å². The fourth-order valence-electron chi connectivity index (χ4n) is 3.56. The van der Waals surface area contributed by atoms with Crippen LogP contribution in [0.2, 0.25) is 0 Å². The monoisotopic (exact) mass is 414 g/mol. The Morgan fingerprint density at radius 3 is 2.73 bits per heavy atom. The van der Waals surface area contributed by atoms with Gasteiger partial charge in [-0.1, -0.05) is 48.5 Å². The third kappa shape index (κ3) is 4.54. The Morgan fingerprint density at radius 2 is 1.97 bits per heavy atom. The molecule has 30 heavy (non-hydrogen) atoms. The zero-order chi connectivity index (χ0) is 21.1. The van der Waals surface area contributed by atoms with Crippen LogP contribution in [0.4, 0.5) is 13.2 Å². The molecule has 0 aliphatic carbocycles. The lowest BCUT2D eigenvalue weighted by Gasteiger charge is -2.25. The molecule has 1 aliphatic heterocycles. The number of halogens is 3. The van der Waals surface area contributed by atoms with Crippen molar-refractivity contribution in [1.82, 2.24) is 20.2 Å². The lowest BCUT2D eigenvalue weighted by atomic mass is 10.1. The Balaban J connectivity index is 1.35. The van der Waals surface area contributed by atoms with Crippen LogP contribution in [0.3, 0.4) is 0 Å². The average Bonchev–Trinajstić information content (AvgIpc) is 3.17. The summed E-state index contributed by atoms with van der Waals surface area (Å²) in [7, 11) is 0. The minimum atomic E-state index is -4.37. The van der Waals surface area contributed by atoms with Crippen LogP contribution in [-0.2, 0) is 25.7 Å². The largest absolute Gasteiger partial charge is 0.416 e. The van der Waals surface area contributed by atoms with E-state index in [-0.39, 0.29) is 18.5 Å². The summed E-state index contributed by atoms with van der Waals surface area (Å²) >= 11 is 0. The quantitative estimate of drug-likeness (QED) is 0.669. The fraction of sp³-hybridized carbons (Fsp3) is 0.273. The van der Waals surface area contributed by atoms with E-state index in [4.69, 9.17) is 0 Å². The lowest BCUT2D eigenvalue weighted by Crippen LogP contribution is -2.32. The number of benzene rings is 2. The van der Waals surface area contributed by atoms with E-state index in [2.05, 4.69) is 27.8 Å². The number of hydrogen-bond donors (Lipinski definition) is 2. The molecule has 0 saturated carbocycles. The first-order valence-electron chi connectivity index (χ1n) is 9.69. The van der Waals surface area contributed by atoms with Gasteiger partial charge in [0, 0.05) is 19.3 Å². The van der Waals surface area contributed by atoms with Gasteiger partial charge in [-0.2, -0.15) is 13.2 Å². The number of alkyl halides is 3. The second-order valence-electron chi connectivity index (χ2n) is 7.24. The maximum Gasteiger partial charge on any atom is 0.416 e. The molecule has 1 aliphatic rings. The molecule has 2 heterocycles. The fourth-order valence-corrected chi connectivity index (χ4v) is 3.56. The van der Waals surface area contributed by atoms with E-state index in [0.29, 0.717) is 30.8 Å². The summed E-state index contributed by atoms with van der Waals surface area (Å²) in [6.45, 7) is 1.45. The maximum atomic E-state index is 12.8. The summed E-state index contributed by atoms with van der Waals surface area (Å²) in [4.78, 5) is 16.8. The molecule has 1 amide bonds. The number of nitrogens with zero attached hydrogens (tertiary/aromatic N) is 2. The summed E-state index contributed by atoms with van der Waals surface area (Å²) in [5, 5.41) is 6.16. The summed E-state index contributed by atoms with van der Waals surface area (Å²) in [6, 6.07) is 15.3. The van der Waals surface area contributed by atoms with E-state index in [1.807, 2.05) is 22.8 Å². The second kappa shape index (κ2) is 8.31. The van der Waals surface area contributed by atoms with Gasteiger partial charge in [0.1, 0.15) is 11.5 Å². The molecule has 3 aromatic rings. The van der Waals surface area contributed by atoms with Crippen molar-refractivity contribution in [2.24, 2.45) is 0 Å². The number of imidazole rings is 1. The minimum Gasteiger partial charge on any atom is -0.350 e. The van der Waals surface area contributed by atoms with Crippen LogP contribution in [0.1, 0.15) is 39.0 Å². The molecule has 4 rings (SSSR count). The highest BCUT2D eigenvalue weighted by molar-refractivity contribution is 5.92. The van der Waals surface area contributed by atoms with Crippen molar-refractivity contribution in [2.75, 3.05) is 6.54 Å². The van der Waals surface area contributed by atoms with Crippen molar-refractivity contribution in [2.45, 2.75) is 31.7 Å². The van der Waals surface area contributed by atoms with Gasteiger partial charge in [-0.3, -0.25) is 4.79 Å². The topological polar surface area (TPSA) is 59.0 Å². The molecule has 1 aromatic heterocycles. The maximum absolute atomic E-state index is 12.8. The van der Waals surface area contributed by atoms with Crippen molar-refractivity contribution in [3.8, 4) is 0 Å². The highest BCUT2D eigenvalue weighted by Crippen LogP contribution is 2.29. The third-order valence-electron chi connectivity index (χ3n) is 5.13. The molecule has 1 unspecified atom stereocenters. The smallest absolute Gasteiger partial charge is 0.350 e. The van der Waals surface area contributed by atoms with Crippen LogP contribution in [0.5, 0.6) is 0 Å². The zero-order valence-electron chi connectivity index (χ0n) is 16.1. The standard InChI is InChI=1S/C22H21F3N4O/c23-22(24,25)17-8-4-5-15(11-17)9-10-26-21(30)19-14-29-13-18(27-12-20(29)28-19)16-6-2-1-3-7-16/h1-8,11,14,18,27H,9-10,12-13H2,(H,26,30). The van der Waals surface area contributed by atoms with Gasteiger partial charge >= 0.3 is 6.18 Å². The molecular weight excluding hydrogens is 393 g/mol. The first kappa shape index (κ1) is 20.2. The van der Waals surface area contributed by atoms with Gasteiger partial charge in [0.2, 0.25) is 0 Å². The average molecular weight is 414 g/mol. The van der Waals surface area contributed by atoms with Gasteiger partial charge in [-0.05, 0) is 23.6 Å². The first-order valence-corrected chi connectivity index (χ1v) is 9.69. The van der Waals surface area contributed by atoms with E-state index in [1.54, 1.807) is 12.3 Å². The van der Waals surface area contributed by atoms with Gasteiger partial charge in [-0.25, -0.2) is 4.98 Å². The summed E-state index contributed by atoms with van der Waals surface area (Å²) in [6.07, 6.45) is -2.34. The minimum absolute atomic E-state index is 0.143. The number of carbonyl (C=O) groups is 1. The van der Waals surface area contributed by atoms with E-state index < -0.39 is 11.7 Å². The predicted molar refractivity (Wildman–Crippen MR) is 106 cm³/mol. The molecule has 2 aromatic carbocycles. The van der Waals surface area contributed by atoms with Crippen molar-refractivity contribution < 1.29 is 18.0 Å². The Morgan fingerprint density at radius 1 is 1.17 bits per heavy atom. The first-order chi connectivity index (χ1) is 14.4. The highest BCUT2D eigenvalue weighted by Gasteiger charge is 2.30. The number of fused-ring (bicyclic) bond motifs is 1. The highest BCUT2D eigenvalue weighted by atomic mass is 19.4. The molecular formula is C22H21F3N4O. The molecule has 8 heteroatoms. The Labute approximate surface area is 171 Å². The Kier molecular flexibility index (Phi) is 5.59. The molecule has 0 saturated heterocycles. The van der Waals surface area contributed by atoms with E-state index in [9.17, 15) is 18.0 Å². The number of rotatable bonds is 5. The molecule has 0 spiro atoms. The van der Waals surface area contributed by atoms with Crippen LogP contribution >= 0.6 is 0 Å². The summed E-state index contributed by atoms with van der Waals surface area (Å²) in [5.74, 6) is 0.449. The van der Waals surface area contributed by atoms with E-state index in [0.717, 1.165) is 18.0 Å².